The van der Waals surface area contributed by atoms with Crippen LogP contribution in [0.4, 0.5) is 0 Å². The molecular weight excluding hydrogens is 273 g/mol. The van der Waals surface area contributed by atoms with Crippen LogP contribution in [-0.2, 0) is 4.79 Å². The van der Waals surface area contributed by atoms with Gasteiger partial charge in [-0.3, -0.25) is 4.79 Å². The highest BCUT2D eigenvalue weighted by molar-refractivity contribution is 5.86. The van der Waals surface area contributed by atoms with E-state index in [1.54, 1.807) is 13.8 Å². The van der Waals surface area contributed by atoms with Crippen LogP contribution in [0.3, 0.4) is 0 Å². The van der Waals surface area contributed by atoms with Crippen molar-refractivity contribution in [2.75, 3.05) is 19.6 Å². The first-order valence-electron chi connectivity index (χ1n) is 6.22. The van der Waals surface area contributed by atoms with Gasteiger partial charge in [0.2, 0.25) is 5.91 Å². The summed E-state index contributed by atoms with van der Waals surface area (Å²) in [4.78, 5) is 14.1. The van der Waals surface area contributed by atoms with E-state index >= 15 is 0 Å². The van der Waals surface area contributed by atoms with Gasteiger partial charge in [-0.2, -0.15) is 0 Å². The number of rotatable bonds is 4. The van der Waals surface area contributed by atoms with Gasteiger partial charge >= 0.3 is 0 Å². The third-order valence-electron chi connectivity index (χ3n) is 2.94. The smallest absolute Gasteiger partial charge is 0.239 e. The summed E-state index contributed by atoms with van der Waals surface area (Å²) >= 11 is 0. The maximum atomic E-state index is 11.7. The molecule has 1 amide bonds. The highest BCUT2D eigenvalue weighted by atomic mass is 35.5. The van der Waals surface area contributed by atoms with Crippen LogP contribution in [0, 0.1) is 0 Å². The fraction of sp³-hybridized carbons (Fsp3) is 0.917. The summed E-state index contributed by atoms with van der Waals surface area (Å²) in [5, 5.41) is 2.96. The van der Waals surface area contributed by atoms with E-state index in [9.17, 15) is 4.79 Å². The number of nitrogens with zero attached hydrogens (tertiary/aromatic N) is 1. The van der Waals surface area contributed by atoms with Gasteiger partial charge < -0.3 is 16.0 Å². The molecule has 0 saturated carbocycles. The number of likely N-dealkylation sites (tertiary alicyclic amines) is 1. The number of halogens is 2. The van der Waals surface area contributed by atoms with Gasteiger partial charge in [0.25, 0.3) is 0 Å². The summed E-state index contributed by atoms with van der Waals surface area (Å²) in [7, 11) is 0. The average Bonchev–Trinajstić information content (AvgIpc) is 2.17. The van der Waals surface area contributed by atoms with Crippen molar-refractivity contribution < 1.29 is 4.79 Å². The Hall–Kier alpha value is -0.0300. The molecule has 1 rings (SSSR count). The van der Waals surface area contributed by atoms with E-state index in [1.807, 2.05) is 6.92 Å². The lowest BCUT2D eigenvalue weighted by Crippen LogP contribution is -2.53. The Kier molecular flexibility index (Phi) is 10.1. The average molecular weight is 300 g/mol. The molecule has 1 aliphatic rings. The highest BCUT2D eigenvalue weighted by Gasteiger charge is 2.24. The van der Waals surface area contributed by atoms with Crippen molar-refractivity contribution in [1.82, 2.24) is 10.2 Å². The zero-order valence-corrected chi connectivity index (χ0v) is 13.2. The Balaban J connectivity index is 0. The van der Waals surface area contributed by atoms with Gasteiger partial charge in [0, 0.05) is 12.6 Å². The third kappa shape index (κ3) is 7.41. The minimum Gasteiger partial charge on any atom is -0.351 e. The first-order chi connectivity index (χ1) is 7.39. The fourth-order valence-corrected chi connectivity index (χ4v) is 1.98. The van der Waals surface area contributed by atoms with Crippen molar-refractivity contribution in [3.8, 4) is 0 Å². The quantitative estimate of drug-likeness (QED) is 0.828. The van der Waals surface area contributed by atoms with E-state index in [0.29, 0.717) is 0 Å². The predicted octanol–water partition coefficient (Wildman–Crippen LogP) is 1.56. The Morgan fingerprint density at radius 1 is 1.28 bits per heavy atom. The van der Waals surface area contributed by atoms with Crippen LogP contribution in [0.15, 0.2) is 0 Å². The van der Waals surface area contributed by atoms with Crippen LogP contribution >= 0.6 is 24.8 Å². The van der Waals surface area contributed by atoms with Crippen molar-refractivity contribution in [2.45, 2.75) is 51.6 Å². The van der Waals surface area contributed by atoms with E-state index < -0.39 is 5.54 Å². The van der Waals surface area contributed by atoms with E-state index in [1.165, 1.54) is 19.3 Å². The molecule has 1 aliphatic heterocycles. The molecule has 1 unspecified atom stereocenters. The highest BCUT2D eigenvalue weighted by Crippen LogP contribution is 2.09. The second kappa shape index (κ2) is 8.97. The number of nitrogens with one attached hydrogen (secondary N) is 1. The van der Waals surface area contributed by atoms with Gasteiger partial charge in [-0.05, 0) is 46.7 Å². The molecule has 0 aromatic carbocycles. The number of amides is 1. The van der Waals surface area contributed by atoms with Gasteiger partial charge in [-0.1, -0.05) is 6.42 Å². The summed E-state index contributed by atoms with van der Waals surface area (Å²) in [6.07, 6.45) is 3.90. The van der Waals surface area contributed by atoms with E-state index in [2.05, 4.69) is 10.2 Å². The molecule has 0 aromatic rings. The predicted molar refractivity (Wildman–Crippen MR) is 80.7 cm³/mol. The maximum absolute atomic E-state index is 11.7. The first kappa shape index (κ1) is 20.3. The van der Waals surface area contributed by atoms with Crippen LogP contribution < -0.4 is 11.1 Å². The summed E-state index contributed by atoms with van der Waals surface area (Å²) < 4.78 is 0. The van der Waals surface area contributed by atoms with Crippen LogP contribution in [-0.4, -0.2) is 42.0 Å². The summed E-state index contributed by atoms with van der Waals surface area (Å²) in [5.74, 6) is -0.0722. The lowest BCUT2D eigenvalue weighted by atomic mass is 10.1. The largest absolute Gasteiger partial charge is 0.351 e. The van der Waals surface area contributed by atoms with E-state index in [4.69, 9.17) is 5.73 Å². The second-order valence-electron chi connectivity index (χ2n) is 5.46. The van der Waals surface area contributed by atoms with Gasteiger partial charge in [-0.25, -0.2) is 0 Å². The summed E-state index contributed by atoms with van der Waals surface area (Å²) in [6, 6.07) is 0.174. The van der Waals surface area contributed by atoms with Crippen molar-refractivity contribution in [1.29, 1.82) is 0 Å². The zero-order valence-electron chi connectivity index (χ0n) is 11.6. The van der Waals surface area contributed by atoms with Crippen LogP contribution in [0.5, 0.6) is 0 Å². The lowest BCUT2D eigenvalue weighted by molar-refractivity contribution is -0.126. The second-order valence-corrected chi connectivity index (χ2v) is 5.46. The number of nitrogens with two attached hydrogens (primary N) is 1. The molecule has 18 heavy (non-hydrogen) atoms. The zero-order chi connectivity index (χ0) is 12.2. The molecule has 0 bridgehead atoms. The Morgan fingerprint density at radius 3 is 2.22 bits per heavy atom. The number of carbonyl (C=O) groups is 1. The number of hydrogen-bond donors (Lipinski definition) is 2. The minimum absolute atomic E-state index is 0. The van der Waals surface area contributed by atoms with Crippen molar-refractivity contribution in [2.24, 2.45) is 5.73 Å². The maximum Gasteiger partial charge on any atom is 0.239 e. The van der Waals surface area contributed by atoms with Crippen LogP contribution in [0.1, 0.15) is 40.0 Å². The minimum atomic E-state index is -0.782. The van der Waals surface area contributed by atoms with Gasteiger partial charge in [0.1, 0.15) is 0 Å². The van der Waals surface area contributed by atoms with Crippen LogP contribution in [0.2, 0.25) is 0 Å². The van der Waals surface area contributed by atoms with Crippen molar-refractivity contribution >= 4 is 30.7 Å². The Bertz CT molecular complexity index is 238. The molecule has 1 saturated heterocycles. The Labute approximate surface area is 123 Å². The molecule has 0 aliphatic carbocycles. The molecule has 1 fully saturated rings. The van der Waals surface area contributed by atoms with Gasteiger partial charge in [-0.15, -0.1) is 24.8 Å². The SMILES string of the molecule is CC(CN1CCCCC1)NC(=O)C(C)(C)N.Cl.Cl. The van der Waals surface area contributed by atoms with Gasteiger partial charge in [0.15, 0.2) is 0 Å². The molecule has 110 valence electrons. The third-order valence-corrected chi connectivity index (χ3v) is 2.94. The summed E-state index contributed by atoms with van der Waals surface area (Å²) in [6.45, 7) is 8.75. The molecule has 1 heterocycles. The number of hydrogen-bond acceptors (Lipinski definition) is 3. The van der Waals surface area contributed by atoms with Gasteiger partial charge in [0.05, 0.1) is 5.54 Å². The standard InChI is InChI=1S/C12H25N3O.2ClH/c1-10(14-11(16)12(2,3)13)9-15-7-5-4-6-8-15;;/h10H,4-9,13H2,1-3H3,(H,14,16);2*1H. The van der Waals surface area contributed by atoms with Crippen molar-refractivity contribution in [3.63, 3.8) is 0 Å². The number of carbonyl (C=O) groups excluding carboxylic acids is 1. The fourth-order valence-electron chi connectivity index (χ4n) is 1.98. The Morgan fingerprint density at radius 2 is 1.78 bits per heavy atom. The van der Waals surface area contributed by atoms with E-state index in [-0.39, 0.29) is 36.8 Å². The molecular formula is C12H27Cl2N3O. The molecule has 1 atom stereocenters. The topological polar surface area (TPSA) is 58.4 Å². The molecule has 3 N–H and O–H groups in total. The monoisotopic (exact) mass is 299 g/mol. The van der Waals surface area contributed by atoms with E-state index in [0.717, 1.165) is 19.6 Å². The normalized spacial score (nSPS) is 18.2. The molecule has 6 heteroatoms. The molecule has 0 spiro atoms. The molecule has 4 nitrogen and oxygen atoms in total. The van der Waals surface area contributed by atoms with Crippen molar-refractivity contribution in [3.05, 3.63) is 0 Å². The summed E-state index contributed by atoms with van der Waals surface area (Å²) in [5.41, 5.74) is 4.95. The van der Waals surface area contributed by atoms with Crippen LogP contribution in [0.25, 0.3) is 0 Å². The molecule has 0 radical (unpaired) electrons. The first-order valence-corrected chi connectivity index (χ1v) is 6.22. The lowest BCUT2D eigenvalue weighted by Gasteiger charge is -2.30. The number of piperidine rings is 1. The molecule has 0 aromatic heterocycles.